The third kappa shape index (κ3) is 4.46. The van der Waals surface area contributed by atoms with Crippen molar-refractivity contribution in [2.45, 2.75) is 58.8 Å². The maximum atomic E-state index is 2.48. The molecule has 2 nitrogen and oxygen atoms in total. The molecule has 1 heterocycles. The molecule has 1 rings (SSSR count). The predicted molar refractivity (Wildman–Crippen MR) is 71.1 cm³/mol. The average Bonchev–Trinajstić information content (AvgIpc) is 2.64. The normalized spacial score (nSPS) is 15.8. The molecule has 0 aromatic rings. The molecule has 1 aliphatic rings. The van der Waals surface area contributed by atoms with Gasteiger partial charge in [-0.15, -0.1) is 0 Å². The Balaban J connectivity index is 2.10. The van der Waals surface area contributed by atoms with Crippen molar-refractivity contribution >= 4 is 0 Å². The molecule has 0 spiro atoms. The quantitative estimate of drug-likeness (QED) is 0.579. The zero-order valence-electron chi connectivity index (χ0n) is 11.3. The van der Waals surface area contributed by atoms with E-state index in [1.54, 1.807) is 5.70 Å². The van der Waals surface area contributed by atoms with Gasteiger partial charge in [0, 0.05) is 25.5 Å². The number of allylic oxidation sites excluding steroid dienone is 1. The first-order valence-corrected chi connectivity index (χ1v) is 6.93. The fourth-order valence-corrected chi connectivity index (χ4v) is 2.35. The lowest BCUT2D eigenvalue weighted by Crippen LogP contribution is -2.24. The molecule has 0 fully saturated rings. The smallest absolute Gasteiger partial charge is 0.0893 e. The molecule has 0 aliphatic carbocycles. The summed E-state index contributed by atoms with van der Waals surface area (Å²) in [6, 6.07) is 0. The van der Waals surface area contributed by atoms with Crippen LogP contribution in [0.4, 0.5) is 0 Å². The van der Waals surface area contributed by atoms with E-state index < -0.39 is 0 Å². The van der Waals surface area contributed by atoms with E-state index in [0.717, 1.165) is 13.2 Å². The second kappa shape index (κ2) is 7.59. The molecule has 0 aromatic heterocycles. The van der Waals surface area contributed by atoms with E-state index in [2.05, 4.69) is 36.9 Å². The van der Waals surface area contributed by atoms with Crippen molar-refractivity contribution in [1.29, 1.82) is 0 Å². The van der Waals surface area contributed by atoms with Crippen molar-refractivity contribution in [2.75, 3.05) is 20.3 Å². The van der Waals surface area contributed by atoms with E-state index >= 15 is 0 Å². The first kappa shape index (κ1) is 13.4. The van der Waals surface area contributed by atoms with Gasteiger partial charge in [-0.1, -0.05) is 39.0 Å². The molecule has 0 bridgehead atoms. The minimum absolute atomic E-state index is 1.08. The van der Waals surface area contributed by atoms with Crippen molar-refractivity contribution in [3.8, 4) is 0 Å². The van der Waals surface area contributed by atoms with Gasteiger partial charge in [0.1, 0.15) is 0 Å². The molecule has 0 atom stereocenters. The third-order valence-electron chi connectivity index (χ3n) is 3.34. The Morgan fingerprint density at radius 1 is 1.06 bits per heavy atom. The molecule has 0 unspecified atom stereocenters. The monoisotopic (exact) mass is 224 g/mol. The van der Waals surface area contributed by atoms with E-state index in [0.29, 0.717) is 0 Å². The van der Waals surface area contributed by atoms with E-state index in [-0.39, 0.29) is 0 Å². The fraction of sp³-hybridized carbons (Fsp3) is 0.857. The Labute approximate surface area is 101 Å². The minimum atomic E-state index is 1.08. The number of nitrogens with zero attached hydrogens (tertiary/aromatic N) is 2. The van der Waals surface area contributed by atoms with Crippen LogP contribution in [0.15, 0.2) is 11.9 Å². The Morgan fingerprint density at radius 3 is 2.44 bits per heavy atom. The van der Waals surface area contributed by atoms with Gasteiger partial charge in [0.2, 0.25) is 0 Å². The van der Waals surface area contributed by atoms with Crippen molar-refractivity contribution < 1.29 is 0 Å². The summed E-state index contributed by atoms with van der Waals surface area (Å²) < 4.78 is 0. The highest BCUT2D eigenvalue weighted by Gasteiger charge is 2.15. The maximum Gasteiger partial charge on any atom is 0.0893 e. The predicted octanol–water partition coefficient (Wildman–Crippen LogP) is 3.80. The van der Waals surface area contributed by atoms with Crippen molar-refractivity contribution in [2.24, 2.45) is 0 Å². The molecule has 0 N–H and O–H groups in total. The van der Waals surface area contributed by atoms with Gasteiger partial charge in [-0.05, 0) is 19.8 Å². The molecule has 2 heteroatoms. The van der Waals surface area contributed by atoms with Crippen LogP contribution in [0.1, 0.15) is 58.8 Å². The lowest BCUT2D eigenvalue weighted by atomic mass is 10.1. The van der Waals surface area contributed by atoms with E-state index in [1.165, 1.54) is 44.9 Å². The second-order valence-corrected chi connectivity index (χ2v) is 4.89. The van der Waals surface area contributed by atoms with Crippen LogP contribution < -0.4 is 0 Å². The molecule has 0 amide bonds. The minimum Gasteiger partial charge on any atom is -0.361 e. The Hall–Kier alpha value is -0.660. The zero-order chi connectivity index (χ0) is 11.8. The van der Waals surface area contributed by atoms with Gasteiger partial charge < -0.3 is 9.80 Å². The number of hydrogen-bond acceptors (Lipinski definition) is 2. The van der Waals surface area contributed by atoms with Crippen LogP contribution in [0.25, 0.3) is 0 Å². The molecule has 0 saturated carbocycles. The number of rotatable bonds is 8. The summed E-state index contributed by atoms with van der Waals surface area (Å²) in [5.41, 5.74) is 1.54. The molecule has 0 aromatic carbocycles. The molecular formula is C14H28N2. The zero-order valence-corrected chi connectivity index (χ0v) is 11.3. The Kier molecular flexibility index (Phi) is 6.36. The van der Waals surface area contributed by atoms with Crippen LogP contribution in [0.3, 0.4) is 0 Å². The number of hydrogen-bond donors (Lipinski definition) is 0. The summed E-state index contributed by atoms with van der Waals surface area (Å²) in [6.07, 6.45) is 11.9. The largest absolute Gasteiger partial charge is 0.361 e. The summed E-state index contributed by atoms with van der Waals surface area (Å²) >= 11 is 0. The number of unbranched alkanes of at least 4 members (excludes halogenated alkanes) is 5. The van der Waals surface area contributed by atoms with Gasteiger partial charge in [0.15, 0.2) is 0 Å². The van der Waals surface area contributed by atoms with E-state index in [9.17, 15) is 0 Å². The molecule has 1 aliphatic heterocycles. The van der Waals surface area contributed by atoms with Gasteiger partial charge in [-0.25, -0.2) is 0 Å². The Bertz CT molecular complexity index is 211. The summed E-state index contributed by atoms with van der Waals surface area (Å²) in [5, 5.41) is 0. The third-order valence-corrected chi connectivity index (χ3v) is 3.34. The van der Waals surface area contributed by atoms with Crippen molar-refractivity contribution in [3.63, 3.8) is 0 Å². The topological polar surface area (TPSA) is 6.48 Å². The first-order chi connectivity index (χ1) is 7.77. The SMILES string of the molecule is CCCCCCCCC1=CN(C)CN1CC. The van der Waals surface area contributed by atoms with Gasteiger partial charge in [0.05, 0.1) is 6.67 Å². The van der Waals surface area contributed by atoms with Gasteiger partial charge in [0.25, 0.3) is 0 Å². The lowest BCUT2D eigenvalue weighted by molar-refractivity contribution is 0.287. The average molecular weight is 224 g/mol. The lowest BCUT2D eigenvalue weighted by Gasteiger charge is -2.20. The van der Waals surface area contributed by atoms with E-state index in [4.69, 9.17) is 0 Å². The standard InChI is InChI=1S/C14H28N2/c1-4-6-7-8-9-10-11-14-12-15(3)13-16(14)5-2/h12H,4-11,13H2,1-3H3. The maximum absolute atomic E-state index is 2.48. The van der Waals surface area contributed by atoms with Crippen molar-refractivity contribution in [3.05, 3.63) is 11.9 Å². The van der Waals surface area contributed by atoms with Gasteiger partial charge in [-0.3, -0.25) is 0 Å². The van der Waals surface area contributed by atoms with Crippen LogP contribution in [0.5, 0.6) is 0 Å². The Morgan fingerprint density at radius 2 is 1.75 bits per heavy atom. The highest BCUT2D eigenvalue weighted by atomic mass is 15.3. The first-order valence-electron chi connectivity index (χ1n) is 6.93. The van der Waals surface area contributed by atoms with Gasteiger partial charge in [-0.2, -0.15) is 0 Å². The summed E-state index contributed by atoms with van der Waals surface area (Å²) in [6.45, 7) is 6.75. The summed E-state index contributed by atoms with van der Waals surface area (Å²) in [7, 11) is 2.16. The van der Waals surface area contributed by atoms with Crippen molar-refractivity contribution in [1.82, 2.24) is 9.80 Å². The van der Waals surface area contributed by atoms with Crippen LogP contribution in [-0.2, 0) is 0 Å². The highest BCUT2D eigenvalue weighted by molar-refractivity contribution is 5.05. The van der Waals surface area contributed by atoms with Crippen LogP contribution >= 0.6 is 0 Å². The molecule has 16 heavy (non-hydrogen) atoms. The summed E-state index contributed by atoms with van der Waals surface area (Å²) in [5.74, 6) is 0. The van der Waals surface area contributed by atoms with Crippen LogP contribution in [0, 0.1) is 0 Å². The molecular weight excluding hydrogens is 196 g/mol. The van der Waals surface area contributed by atoms with Crippen LogP contribution in [0.2, 0.25) is 0 Å². The molecule has 0 radical (unpaired) electrons. The van der Waals surface area contributed by atoms with Crippen LogP contribution in [-0.4, -0.2) is 30.1 Å². The molecule has 0 saturated heterocycles. The second-order valence-electron chi connectivity index (χ2n) is 4.89. The highest BCUT2D eigenvalue weighted by Crippen LogP contribution is 2.20. The van der Waals surface area contributed by atoms with E-state index in [1.807, 2.05) is 0 Å². The summed E-state index contributed by atoms with van der Waals surface area (Å²) in [4.78, 5) is 4.77. The van der Waals surface area contributed by atoms with Gasteiger partial charge >= 0.3 is 0 Å². The molecule has 94 valence electrons. The fourth-order valence-electron chi connectivity index (χ4n) is 2.35.